The van der Waals surface area contributed by atoms with Crippen molar-refractivity contribution in [3.05, 3.63) is 85.8 Å². The zero-order valence-electron chi connectivity index (χ0n) is 16.7. The zero-order chi connectivity index (χ0) is 20.5. The summed E-state index contributed by atoms with van der Waals surface area (Å²) in [6.07, 6.45) is 2.18. The van der Waals surface area contributed by atoms with Gasteiger partial charge in [-0.3, -0.25) is 14.4 Å². The molecule has 0 aliphatic carbocycles. The first kappa shape index (κ1) is 20.3. The Bertz CT molecular complexity index is 1060. The van der Waals surface area contributed by atoms with Crippen molar-refractivity contribution in [3.63, 3.8) is 0 Å². The Morgan fingerprint density at radius 3 is 2.38 bits per heavy atom. The van der Waals surface area contributed by atoms with Crippen LogP contribution < -0.4 is 5.56 Å². The zero-order valence-corrected chi connectivity index (χ0v) is 18.2. The predicted octanol–water partition coefficient (Wildman–Crippen LogP) is 5.17. The monoisotopic (exact) mass is 429 g/mol. The molecule has 0 unspecified atom stereocenters. The van der Waals surface area contributed by atoms with Gasteiger partial charge < -0.3 is 0 Å². The van der Waals surface area contributed by atoms with E-state index in [0.29, 0.717) is 17.5 Å². The molecule has 29 heavy (non-hydrogen) atoms. The molecule has 1 saturated heterocycles. The highest BCUT2D eigenvalue weighted by atomic mass is 35.5. The number of aryl methyl sites for hydroxylation is 1. The van der Waals surface area contributed by atoms with Crippen LogP contribution in [0.15, 0.2) is 53.3 Å². The van der Waals surface area contributed by atoms with Crippen molar-refractivity contribution >= 4 is 23.2 Å². The fourth-order valence-corrected chi connectivity index (χ4v) is 4.85. The van der Waals surface area contributed by atoms with Crippen molar-refractivity contribution in [2.45, 2.75) is 32.2 Å². The van der Waals surface area contributed by atoms with Crippen LogP contribution in [0.5, 0.6) is 0 Å². The minimum atomic E-state index is -0.165. The smallest absolute Gasteiger partial charge is 0.290 e. The van der Waals surface area contributed by atoms with Gasteiger partial charge in [0.05, 0.1) is 11.4 Å². The van der Waals surface area contributed by atoms with Crippen LogP contribution in [0, 0.1) is 6.92 Å². The highest BCUT2D eigenvalue weighted by molar-refractivity contribution is 6.31. The van der Waals surface area contributed by atoms with E-state index >= 15 is 0 Å². The van der Waals surface area contributed by atoms with E-state index in [1.807, 2.05) is 54.2 Å². The van der Waals surface area contributed by atoms with Crippen molar-refractivity contribution in [2.75, 3.05) is 13.1 Å². The van der Waals surface area contributed by atoms with Crippen molar-refractivity contribution in [1.29, 1.82) is 0 Å². The number of halogens is 2. The largest absolute Gasteiger partial charge is 0.297 e. The van der Waals surface area contributed by atoms with Crippen molar-refractivity contribution in [1.82, 2.24) is 14.3 Å². The average Bonchev–Trinajstić information content (AvgIpc) is 2.93. The molecule has 152 valence electrons. The van der Waals surface area contributed by atoms with E-state index in [1.54, 1.807) is 4.68 Å². The van der Waals surface area contributed by atoms with Gasteiger partial charge in [-0.15, -0.1) is 0 Å². The van der Waals surface area contributed by atoms with Gasteiger partial charge in [0.25, 0.3) is 5.56 Å². The maximum absolute atomic E-state index is 12.7. The molecule has 1 aromatic heterocycles. The molecule has 4 nitrogen and oxygen atoms in total. The van der Waals surface area contributed by atoms with Crippen LogP contribution in [0.2, 0.25) is 10.0 Å². The number of piperidine rings is 1. The van der Waals surface area contributed by atoms with Gasteiger partial charge in [0.15, 0.2) is 0 Å². The van der Waals surface area contributed by atoms with Gasteiger partial charge in [0, 0.05) is 18.6 Å². The molecule has 2 heterocycles. The van der Waals surface area contributed by atoms with Gasteiger partial charge in [0.1, 0.15) is 5.02 Å². The quantitative estimate of drug-likeness (QED) is 0.572. The van der Waals surface area contributed by atoms with E-state index in [0.717, 1.165) is 42.3 Å². The number of para-hydroxylation sites is 1. The van der Waals surface area contributed by atoms with Crippen LogP contribution in [0.1, 0.15) is 35.6 Å². The second-order valence-corrected chi connectivity index (χ2v) is 8.60. The Kier molecular flexibility index (Phi) is 5.86. The number of likely N-dealkylation sites (tertiary alicyclic amines) is 1. The normalized spacial score (nSPS) is 15.7. The number of benzene rings is 2. The lowest BCUT2D eigenvalue weighted by Gasteiger charge is -2.33. The molecule has 6 heteroatoms. The number of aromatic nitrogens is 2. The Hall–Kier alpha value is -2.01. The van der Waals surface area contributed by atoms with Gasteiger partial charge in [0.2, 0.25) is 0 Å². The fraction of sp³-hybridized carbons (Fsp3) is 0.348. The van der Waals surface area contributed by atoms with E-state index in [4.69, 9.17) is 23.2 Å². The molecule has 0 saturated carbocycles. The summed E-state index contributed by atoms with van der Waals surface area (Å²) in [5.41, 5.74) is 4.18. The van der Waals surface area contributed by atoms with Crippen LogP contribution in [-0.2, 0) is 13.6 Å². The molecule has 4 rings (SSSR count). The average molecular weight is 430 g/mol. The van der Waals surface area contributed by atoms with Crippen molar-refractivity contribution in [3.8, 4) is 5.69 Å². The van der Waals surface area contributed by atoms with Crippen molar-refractivity contribution in [2.24, 2.45) is 7.05 Å². The van der Waals surface area contributed by atoms with Gasteiger partial charge in [-0.25, -0.2) is 4.68 Å². The summed E-state index contributed by atoms with van der Waals surface area (Å²) >= 11 is 12.6. The maximum Gasteiger partial charge on any atom is 0.290 e. The van der Waals surface area contributed by atoms with Gasteiger partial charge in [-0.2, -0.15) is 0 Å². The standard InChI is InChI=1S/C23H25Cl2N3O/c1-16-14-18(24)8-9-20(16)17-10-12-27(13-11-17)15-21-22(25)23(29)28(26(21)2)19-6-4-3-5-7-19/h3-9,14,17H,10-13,15H2,1-2H3. The lowest BCUT2D eigenvalue weighted by molar-refractivity contribution is 0.199. The summed E-state index contributed by atoms with van der Waals surface area (Å²) in [6, 6.07) is 15.8. The molecule has 0 spiro atoms. The lowest BCUT2D eigenvalue weighted by Crippen LogP contribution is -2.33. The molecule has 1 fully saturated rings. The van der Waals surface area contributed by atoms with Crippen LogP contribution in [-0.4, -0.2) is 27.4 Å². The SMILES string of the molecule is Cc1cc(Cl)ccc1C1CCN(Cc2c(Cl)c(=O)n(-c3ccccc3)n2C)CC1. The summed E-state index contributed by atoms with van der Waals surface area (Å²) in [5.74, 6) is 0.553. The number of hydrogen-bond acceptors (Lipinski definition) is 2. The van der Waals surface area contributed by atoms with E-state index in [2.05, 4.69) is 17.9 Å². The summed E-state index contributed by atoms with van der Waals surface area (Å²) in [4.78, 5) is 15.1. The highest BCUT2D eigenvalue weighted by Crippen LogP contribution is 2.32. The first-order chi connectivity index (χ1) is 14.0. The van der Waals surface area contributed by atoms with Gasteiger partial charge in [-0.1, -0.05) is 47.5 Å². The Labute approximate surface area is 181 Å². The molecule has 1 aliphatic heterocycles. The van der Waals surface area contributed by atoms with E-state index < -0.39 is 0 Å². The minimum absolute atomic E-state index is 0.165. The summed E-state index contributed by atoms with van der Waals surface area (Å²) in [5, 5.41) is 1.11. The van der Waals surface area contributed by atoms with Crippen molar-refractivity contribution < 1.29 is 0 Å². The fourth-order valence-electron chi connectivity index (χ4n) is 4.36. The molecule has 0 amide bonds. The third kappa shape index (κ3) is 4.02. The topological polar surface area (TPSA) is 30.2 Å². The molecule has 0 bridgehead atoms. The molecule has 0 radical (unpaired) electrons. The van der Waals surface area contributed by atoms with Crippen LogP contribution >= 0.6 is 23.2 Å². The van der Waals surface area contributed by atoms with Crippen LogP contribution in [0.3, 0.4) is 0 Å². The second-order valence-electron chi connectivity index (χ2n) is 7.79. The van der Waals surface area contributed by atoms with Crippen LogP contribution in [0.25, 0.3) is 5.69 Å². The molecule has 0 atom stereocenters. The van der Waals surface area contributed by atoms with Gasteiger partial charge in [-0.05, 0) is 74.2 Å². The first-order valence-electron chi connectivity index (χ1n) is 9.96. The summed E-state index contributed by atoms with van der Waals surface area (Å²) in [6.45, 7) is 4.77. The Balaban J connectivity index is 1.49. The molecule has 3 aromatic rings. The molecular weight excluding hydrogens is 405 g/mol. The summed E-state index contributed by atoms with van der Waals surface area (Å²) < 4.78 is 3.52. The van der Waals surface area contributed by atoms with E-state index in [1.165, 1.54) is 11.1 Å². The van der Waals surface area contributed by atoms with E-state index in [-0.39, 0.29) is 5.56 Å². The molecule has 2 aromatic carbocycles. The second kappa shape index (κ2) is 8.39. The van der Waals surface area contributed by atoms with Gasteiger partial charge >= 0.3 is 0 Å². The molecule has 1 aliphatic rings. The summed E-state index contributed by atoms with van der Waals surface area (Å²) in [7, 11) is 1.90. The molecular formula is C23H25Cl2N3O. The third-order valence-electron chi connectivity index (χ3n) is 5.96. The van der Waals surface area contributed by atoms with Crippen LogP contribution in [0.4, 0.5) is 0 Å². The Morgan fingerprint density at radius 1 is 1.03 bits per heavy atom. The first-order valence-corrected chi connectivity index (χ1v) is 10.7. The third-order valence-corrected chi connectivity index (χ3v) is 6.57. The predicted molar refractivity (Wildman–Crippen MR) is 119 cm³/mol. The van der Waals surface area contributed by atoms with E-state index in [9.17, 15) is 4.79 Å². The number of nitrogens with zero attached hydrogens (tertiary/aromatic N) is 3. The minimum Gasteiger partial charge on any atom is -0.297 e. The lowest BCUT2D eigenvalue weighted by atomic mass is 9.87. The number of rotatable bonds is 4. The maximum atomic E-state index is 12.7. The highest BCUT2D eigenvalue weighted by Gasteiger charge is 2.25. The molecule has 0 N–H and O–H groups in total. The number of hydrogen-bond donors (Lipinski definition) is 0. The Morgan fingerprint density at radius 2 is 1.72 bits per heavy atom.